The maximum Gasteiger partial charge on any atom is 0.0675 e. The predicted molar refractivity (Wildman–Crippen MR) is 86.3 cm³/mol. The van der Waals surface area contributed by atoms with Crippen molar-refractivity contribution >= 4 is 11.3 Å². The van der Waals surface area contributed by atoms with Crippen LogP contribution in [-0.4, -0.2) is 36.2 Å². The fraction of sp³-hybridized carbons (Fsp3) is 0.750. The molecule has 4 unspecified atom stereocenters. The van der Waals surface area contributed by atoms with Gasteiger partial charge in [0.1, 0.15) is 0 Å². The second-order valence-electron chi connectivity index (χ2n) is 5.87. The normalized spacial score (nSPS) is 27.4. The Balaban J connectivity index is 2.29. The molecule has 0 radical (unpaired) electrons. The second-order valence-corrected chi connectivity index (χ2v) is 7.19. The lowest BCUT2D eigenvalue weighted by Crippen LogP contribution is -2.53. The van der Waals surface area contributed by atoms with E-state index < -0.39 is 0 Å². The van der Waals surface area contributed by atoms with Gasteiger partial charge in [0.15, 0.2) is 0 Å². The molecule has 0 bridgehead atoms. The summed E-state index contributed by atoms with van der Waals surface area (Å²) in [5.41, 5.74) is 6.48. The van der Waals surface area contributed by atoms with Crippen molar-refractivity contribution in [3.8, 4) is 0 Å². The van der Waals surface area contributed by atoms with Crippen molar-refractivity contribution in [2.75, 3.05) is 13.2 Å². The summed E-state index contributed by atoms with van der Waals surface area (Å²) >= 11 is 1.88. The van der Waals surface area contributed by atoms with Gasteiger partial charge in [0.2, 0.25) is 0 Å². The molecular formula is C16H28N2OS. The Morgan fingerprint density at radius 3 is 2.75 bits per heavy atom. The van der Waals surface area contributed by atoms with E-state index in [9.17, 15) is 0 Å². The SMILES string of the molecule is CCC(N)C(c1ccc(C)s1)N1CC(C)OCC1CC. The Morgan fingerprint density at radius 1 is 1.45 bits per heavy atom. The third-order valence-corrected chi connectivity index (χ3v) is 5.34. The summed E-state index contributed by atoms with van der Waals surface area (Å²) in [6, 6.07) is 5.46. The van der Waals surface area contributed by atoms with Gasteiger partial charge in [-0.25, -0.2) is 0 Å². The molecule has 0 aliphatic carbocycles. The van der Waals surface area contributed by atoms with Crippen molar-refractivity contribution in [1.29, 1.82) is 0 Å². The topological polar surface area (TPSA) is 38.5 Å². The number of aryl methyl sites for hydroxylation is 1. The Kier molecular flexibility index (Phi) is 5.61. The molecule has 1 aliphatic heterocycles. The summed E-state index contributed by atoms with van der Waals surface area (Å²) in [7, 11) is 0. The highest BCUT2D eigenvalue weighted by Gasteiger charge is 2.35. The van der Waals surface area contributed by atoms with Crippen LogP contribution in [0.3, 0.4) is 0 Å². The van der Waals surface area contributed by atoms with Gasteiger partial charge < -0.3 is 10.5 Å². The Bertz CT molecular complexity index is 420. The lowest BCUT2D eigenvalue weighted by atomic mass is 9.98. The molecule has 0 saturated carbocycles. The molecule has 0 spiro atoms. The van der Waals surface area contributed by atoms with Crippen LogP contribution in [0.5, 0.6) is 0 Å². The van der Waals surface area contributed by atoms with Crippen LogP contribution in [0.2, 0.25) is 0 Å². The Morgan fingerprint density at radius 2 is 2.20 bits per heavy atom. The first-order valence-corrected chi connectivity index (χ1v) is 8.57. The van der Waals surface area contributed by atoms with Gasteiger partial charge in [-0.2, -0.15) is 0 Å². The number of hydrogen-bond acceptors (Lipinski definition) is 4. The average Bonchev–Trinajstić information content (AvgIpc) is 2.85. The van der Waals surface area contributed by atoms with Crippen LogP contribution in [0.1, 0.15) is 49.4 Å². The first kappa shape index (κ1) is 16.0. The van der Waals surface area contributed by atoms with Gasteiger partial charge in [-0.1, -0.05) is 13.8 Å². The number of thiophene rings is 1. The van der Waals surface area contributed by atoms with Crippen LogP contribution in [-0.2, 0) is 4.74 Å². The van der Waals surface area contributed by atoms with Crippen LogP contribution in [0.25, 0.3) is 0 Å². The van der Waals surface area contributed by atoms with E-state index in [-0.39, 0.29) is 6.04 Å². The minimum absolute atomic E-state index is 0.187. The zero-order valence-corrected chi connectivity index (χ0v) is 14.0. The molecule has 2 N–H and O–H groups in total. The smallest absolute Gasteiger partial charge is 0.0675 e. The van der Waals surface area contributed by atoms with E-state index in [4.69, 9.17) is 10.5 Å². The maximum atomic E-state index is 6.48. The molecule has 4 heteroatoms. The highest BCUT2D eigenvalue weighted by molar-refractivity contribution is 7.12. The third-order valence-electron chi connectivity index (χ3n) is 4.27. The molecule has 114 valence electrons. The van der Waals surface area contributed by atoms with E-state index >= 15 is 0 Å². The maximum absolute atomic E-state index is 6.48. The molecule has 0 amide bonds. The van der Waals surface area contributed by atoms with Crippen molar-refractivity contribution in [1.82, 2.24) is 4.90 Å². The van der Waals surface area contributed by atoms with E-state index in [0.717, 1.165) is 26.0 Å². The molecule has 20 heavy (non-hydrogen) atoms. The lowest BCUT2D eigenvalue weighted by Gasteiger charge is -2.44. The van der Waals surface area contributed by atoms with E-state index in [1.807, 2.05) is 11.3 Å². The number of ether oxygens (including phenoxy) is 1. The van der Waals surface area contributed by atoms with Gasteiger partial charge in [0.05, 0.1) is 18.8 Å². The van der Waals surface area contributed by atoms with E-state index in [1.165, 1.54) is 9.75 Å². The Hall–Kier alpha value is -0.420. The number of morpholine rings is 1. The molecule has 2 rings (SSSR count). The molecule has 0 aromatic carbocycles. The van der Waals surface area contributed by atoms with Gasteiger partial charge in [-0.3, -0.25) is 4.90 Å². The van der Waals surface area contributed by atoms with E-state index in [1.54, 1.807) is 0 Å². The standard InChI is InChI=1S/C16H28N2OS/c1-5-13-10-19-11(3)9-18(13)16(14(17)6-2)15-8-7-12(4)20-15/h7-8,11,13-14,16H,5-6,9-10,17H2,1-4H3. The average molecular weight is 296 g/mol. The minimum atomic E-state index is 0.187. The summed E-state index contributed by atoms with van der Waals surface area (Å²) in [6.45, 7) is 10.6. The summed E-state index contributed by atoms with van der Waals surface area (Å²) in [6.07, 6.45) is 2.42. The Labute approximate surface area is 127 Å². The molecule has 1 aliphatic rings. The van der Waals surface area contributed by atoms with Gasteiger partial charge in [0, 0.05) is 28.4 Å². The van der Waals surface area contributed by atoms with E-state index in [2.05, 4.69) is 44.7 Å². The van der Waals surface area contributed by atoms with Gasteiger partial charge >= 0.3 is 0 Å². The van der Waals surface area contributed by atoms with Crippen LogP contribution in [0, 0.1) is 6.92 Å². The molecule has 2 heterocycles. The molecule has 1 saturated heterocycles. The molecular weight excluding hydrogens is 268 g/mol. The monoisotopic (exact) mass is 296 g/mol. The first-order chi connectivity index (χ1) is 9.56. The van der Waals surface area contributed by atoms with Crippen molar-refractivity contribution < 1.29 is 4.74 Å². The largest absolute Gasteiger partial charge is 0.376 e. The third kappa shape index (κ3) is 3.42. The minimum Gasteiger partial charge on any atom is -0.376 e. The van der Waals surface area contributed by atoms with Gasteiger partial charge in [-0.15, -0.1) is 11.3 Å². The van der Waals surface area contributed by atoms with Crippen molar-refractivity contribution in [2.24, 2.45) is 5.73 Å². The highest BCUT2D eigenvalue weighted by atomic mass is 32.1. The molecule has 1 fully saturated rings. The fourth-order valence-electron chi connectivity index (χ4n) is 3.02. The molecule has 1 aromatic heterocycles. The van der Waals surface area contributed by atoms with Crippen LogP contribution >= 0.6 is 11.3 Å². The number of rotatable bonds is 5. The highest BCUT2D eigenvalue weighted by Crippen LogP contribution is 2.34. The first-order valence-electron chi connectivity index (χ1n) is 7.76. The second kappa shape index (κ2) is 7.03. The van der Waals surface area contributed by atoms with Crippen LogP contribution in [0.15, 0.2) is 12.1 Å². The zero-order chi connectivity index (χ0) is 14.7. The summed E-state index contributed by atoms with van der Waals surface area (Å²) in [5, 5.41) is 0. The van der Waals surface area contributed by atoms with Crippen molar-refractivity contribution in [3.05, 3.63) is 21.9 Å². The zero-order valence-electron chi connectivity index (χ0n) is 13.1. The molecule has 1 aromatic rings. The van der Waals surface area contributed by atoms with Crippen molar-refractivity contribution in [3.63, 3.8) is 0 Å². The predicted octanol–water partition coefficient (Wildman–Crippen LogP) is 3.33. The number of hydrogen-bond donors (Lipinski definition) is 1. The van der Waals surface area contributed by atoms with Crippen LogP contribution in [0.4, 0.5) is 0 Å². The summed E-state index contributed by atoms with van der Waals surface area (Å²) in [5.74, 6) is 0. The number of nitrogens with two attached hydrogens (primary N) is 1. The summed E-state index contributed by atoms with van der Waals surface area (Å²) in [4.78, 5) is 5.36. The lowest BCUT2D eigenvalue weighted by molar-refractivity contribution is -0.0766. The van der Waals surface area contributed by atoms with Crippen molar-refractivity contribution in [2.45, 2.75) is 64.8 Å². The van der Waals surface area contributed by atoms with Gasteiger partial charge in [0.25, 0.3) is 0 Å². The van der Waals surface area contributed by atoms with Crippen LogP contribution < -0.4 is 5.73 Å². The molecule has 3 nitrogen and oxygen atoms in total. The molecule has 4 atom stereocenters. The van der Waals surface area contributed by atoms with Gasteiger partial charge in [-0.05, 0) is 38.8 Å². The number of nitrogens with zero attached hydrogens (tertiary/aromatic N) is 1. The fourth-order valence-corrected chi connectivity index (χ4v) is 4.09. The summed E-state index contributed by atoms with van der Waals surface area (Å²) < 4.78 is 5.84. The quantitative estimate of drug-likeness (QED) is 0.905. The van der Waals surface area contributed by atoms with E-state index in [0.29, 0.717) is 18.2 Å².